The highest BCUT2D eigenvalue weighted by Crippen LogP contribution is 2.39. The summed E-state index contributed by atoms with van der Waals surface area (Å²) in [6, 6.07) is 10.3. The molecule has 148 valence electrons. The van der Waals surface area contributed by atoms with Gasteiger partial charge in [-0.2, -0.15) is 0 Å². The zero-order chi connectivity index (χ0) is 21.3. The first kappa shape index (κ1) is 19.7. The number of aliphatic hydroxyl groups is 1. The van der Waals surface area contributed by atoms with Crippen molar-refractivity contribution in [2.45, 2.75) is 13.0 Å². The maximum atomic E-state index is 12.6. The third-order valence-electron chi connectivity index (χ3n) is 4.56. The summed E-state index contributed by atoms with van der Waals surface area (Å²) in [6.45, 7) is 0.911. The summed E-state index contributed by atoms with van der Waals surface area (Å²) in [5.41, 5.74) is 0.609. The highest BCUT2D eigenvalue weighted by Gasteiger charge is 2.46. The maximum Gasteiger partial charge on any atom is 0.295 e. The number of non-ortho nitro benzene ring substituents is 1. The first-order chi connectivity index (χ1) is 13.7. The number of carboxylic acids is 1. The van der Waals surface area contributed by atoms with Crippen LogP contribution in [0.15, 0.2) is 54.1 Å². The number of carboxylic acid groups (broad SMARTS) is 1. The average Bonchev–Trinajstić information content (AvgIpc) is 2.92. The van der Waals surface area contributed by atoms with Crippen molar-refractivity contribution in [3.63, 3.8) is 0 Å². The molecular weight excluding hydrogens is 380 g/mol. The fraction of sp³-hybridized carbons (Fsp3) is 0.150. The molecule has 1 fully saturated rings. The van der Waals surface area contributed by atoms with Gasteiger partial charge < -0.3 is 19.9 Å². The Kier molecular flexibility index (Phi) is 5.14. The van der Waals surface area contributed by atoms with Crippen LogP contribution in [0, 0.1) is 17.0 Å². The minimum atomic E-state index is -1.61. The van der Waals surface area contributed by atoms with Gasteiger partial charge >= 0.3 is 0 Å². The molecule has 1 aliphatic rings. The van der Waals surface area contributed by atoms with E-state index in [1.165, 1.54) is 18.2 Å². The molecule has 0 radical (unpaired) electrons. The zero-order valence-corrected chi connectivity index (χ0v) is 15.2. The number of Topliss-reactive ketones (excluding diaryl/α,β-unsaturated/α-hetero) is 1. The maximum absolute atomic E-state index is 12.6. The minimum Gasteiger partial charge on any atom is -0.548 e. The molecule has 2 aromatic carbocycles. The summed E-state index contributed by atoms with van der Waals surface area (Å²) in [5, 5.41) is 33.0. The number of rotatable bonds is 5. The number of aliphatic hydroxyl groups excluding tert-OH is 1. The van der Waals surface area contributed by atoms with E-state index in [1.807, 2.05) is 6.92 Å². The Labute approximate surface area is 164 Å². The zero-order valence-electron chi connectivity index (χ0n) is 15.2. The van der Waals surface area contributed by atoms with Gasteiger partial charge in [0.1, 0.15) is 5.76 Å². The van der Waals surface area contributed by atoms with Crippen molar-refractivity contribution in [3.8, 4) is 0 Å². The van der Waals surface area contributed by atoms with Crippen LogP contribution < -0.4 is 5.11 Å². The lowest BCUT2D eigenvalue weighted by Gasteiger charge is -2.25. The number of hydrogen-bond acceptors (Lipinski definition) is 7. The molecule has 1 N–H and O–H groups in total. The normalized spacial score (nSPS) is 18.1. The lowest BCUT2D eigenvalue weighted by molar-refractivity contribution is -0.384. The van der Waals surface area contributed by atoms with Gasteiger partial charge in [-0.15, -0.1) is 0 Å². The topological polar surface area (TPSA) is 141 Å². The second kappa shape index (κ2) is 7.55. The van der Waals surface area contributed by atoms with E-state index in [9.17, 15) is 34.7 Å². The van der Waals surface area contributed by atoms with Crippen LogP contribution in [0.2, 0.25) is 0 Å². The van der Waals surface area contributed by atoms with Crippen molar-refractivity contribution in [1.82, 2.24) is 4.90 Å². The highest BCUT2D eigenvalue weighted by atomic mass is 16.6. The highest BCUT2D eigenvalue weighted by molar-refractivity contribution is 6.46. The Morgan fingerprint density at radius 3 is 2.41 bits per heavy atom. The minimum absolute atomic E-state index is 0.119. The fourth-order valence-corrected chi connectivity index (χ4v) is 3.20. The van der Waals surface area contributed by atoms with Crippen molar-refractivity contribution in [3.05, 3.63) is 80.9 Å². The molecule has 0 saturated carbocycles. The number of carbonyl (C=O) groups is 3. The summed E-state index contributed by atoms with van der Waals surface area (Å²) in [4.78, 5) is 47.4. The van der Waals surface area contributed by atoms with Crippen molar-refractivity contribution in [1.29, 1.82) is 0 Å². The second-order valence-electron chi connectivity index (χ2n) is 6.52. The molecule has 1 amide bonds. The SMILES string of the molecule is Cc1ccc(C(O)=C2C(=O)C(=O)N(CC(=O)[O-])[C@H]2c2cccc([N+](=O)[O-])c2)cc1. The molecule has 9 nitrogen and oxygen atoms in total. The predicted octanol–water partition coefficient (Wildman–Crippen LogP) is 1.07. The molecular formula is C20H15N2O7-. The lowest BCUT2D eigenvalue weighted by atomic mass is 9.95. The van der Waals surface area contributed by atoms with Gasteiger partial charge in [-0.1, -0.05) is 42.0 Å². The fourth-order valence-electron chi connectivity index (χ4n) is 3.20. The number of amides is 1. The number of nitro benzene ring substituents is 1. The van der Waals surface area contributed by atoms with Crippen molar-refractivity contribution in [2.75, 3.05) is 6.54 Å². The van der Waals surface area contributed by atoms with E-state index in [1.54, 1.807) is 24.3 Å². The molecule has 0 unspecified atom stereocenters. The van der Waals surface area contributed by atoms with Crippen LogP contribution in [0.5, 0.6) is 0 Å². The molecule has 0 spiro atoms. The van der Waals surface area contributed by atoms with E-state index in [2.05, 4.69) is 0 Å². The van der Waals surface area contributed by atoms with Crippen LogP contribution in [0.25, 0.3) is 5.76 Å². The average molecular weight is 395 g/mol. The molecule has 9 heteroatoms. The summed E-state index contributed by atoms with van der Waals surface area (Å²) in [5.74, 6) is -4.33. The van der Waals surface area contributed by atoms with E-state index < -0.39 is 40.9 Å². The quantitative estimate of drug-likeness (QED) is 0.262. The third kappa shape index (κ3) is 3.70. The van der Waals surface area contributed by atoms with Crippen LogP contribution in [0.1, 0.15) is 22.7 Å². The number of carbonyl (C=O) groups excluding carboxylic acids is 3. The predicted molar refractivity (Wildman–Crippen MR) is 98.3 cm³/mol. The Bertz CT molecular complexity index is 1060. The van der Waals surface area contributed by atoms with Crippen LogP contribution in [-0.4, -0.2) is 39.1 Å². The number of nitrogens with zero attached hydrogens (tertiary/aromatic N) is 2. The van der Waals surface area contributed by atoms with Gasteiger partial charge in [0.25, 0.3) is 17.4 Å². The molecule has 1 heterocycles. The van der Waals surface area contributed by atoms with E-state index in [0.29, 0.717) is 0 Å². The standard InChI is InChI=1S/C20H16N2O7/c1-11-5-7-12(8-6-11)18(25)16-17(13-3-2-4-14(9-13)22(28)29)21(10-15(23)24)20(27)19(16)26/h2-9,17,25H,10H2,1H3,(H,23,24)/p-1/t17-/m0/s1. The molecule has 1 saturated heterocycles. The molecule has 0 aliphatic carbocycles. The largest absolute Gasteiger partial charge is 0.548 e. The molecule has 2 aromatic rings. The summed E-state index contributed by atoms with van der Waals surface area (Å²) < 4.78 is 0. The van der Waals surface area contributed by atoms with Gasteiger partial charge in [0, 0.05) is 17.7 Å². The van der Waals surface area contributed by atoms with E-state index in [0.717, 1.165) is 16.5 Å². The Balaban J connectivity index is 2.22. The number of likely N-dealkylation sites (tertiary alicyclic amines) is 1. The first-order valence-electron chi connectivity index (χ1n) is 8.50. The monoisotopic (exact) mass is 395 g/mol. The number of hydrogen-bond donors (Lipinski definition) is 1. The first-order valence-corrected chi connectivity index (χ1v) is 8.50. The van der Waals surface area contributed by atoms with Crippen LogP contribution in [0.4, 0.5) is 5.69 Å². The van der Waals surface area contributed by atoms with Crippen LogP contribution in [-0.2, 0) is 14.4 Å². The van der Waals surface area contributed by atoms with Gasteiger partial charge in [0.15, 0.2) is 0 Å². The van der Waals surface area contributed by atoms with E-state index in [-0.39, 0.29) is 22.4 Å². The number of nitro groups is 1. The summed E-state index contributed by atoms with van der Waals surface area (Å²) in [7, 11) is 0. The number of benzene rings is 2. The van der Waals surface area contributed by atoms with Crippen molar-refractivity contribution < 1.29 is 29.5 Å². The molecule has 1 aliphatic heterocycles. The Hall–Kier alpha value is -4.01. The van der Waals surface area contributed by atoms with Gasteiger partial charge in [-0.05, 0) is 12.5 Å². The van der Waals surface area contributed by atoms with Crippen molar-refractivity contribution >= 4 is 29.1 Å². The molecule has 1 atom stereocenters. The summed E-state index contributed by atoms with van der Waals surface area (Å²) in [6.07, 6.45) is 0. The smallest absolute Gasteiger partial charge is 0.295 e. The second-order valence-corrected chi connectivity index (χ2v) is 6.52. The number of aryl methyl sites for hydroxylation is 1. The molecule has 0 aromatic heterocycles. The van der Waals surface area contributed by atoms with Gasteiger partial charge in [-0.25, -0.2) is 0 Å². The third-order valence-corrected chi connectivity index (χ3v) is 4.56. The number of aliphatic carboxylic acids is 1. The van der Waals surface area contributed by atoms with Gasteiger partial charge in [0.2, 0.25) is 0 Å². The molecule has 29 heavy (non-hydrogen) atoms. The molecule has 3 rings (SSSR count). The van der Waals surface area contributed by atoms with Gasteiger partial charge in [-0.3, -0.25) is 19.7 Å². The Morgan fingerprint density at radius 1 is 1.17 bits per heavy atom. The summed E-state index contributed by atoms with van der Waals surface area (Å²) >= 11 is 0. The Morgan fingerprint density at radius 2 is 1.83 bits per heavy atom. The van der Waals surface area contributed by atoms with E-state index in [4.69, 9.17) is 0 Å². The van der Waals surface area contributed by atoms with Crippen LogP contribution >= 0.6 is 0 Å². The van der Waals surface area contributed by atoms with Crippen LogP contribution in [0.3, 0.4) is 0 Å². The van der Waals surface area contributed by atoms with E-state index >= 15 is 0 Å². The van der Waals surface area contributed by atoms with Crippen molar-refractivity contribution in [2.24, 2.45) is 0 Å². The molecule has 0 bridgehead atoms. The number of ketones is 1. The van der Waals surface area contributed by atoms with Gasteiger partial charge in [0.05, 0.1) is 29.1 Å². The lowest BCUT2D eigenvalue weighted by Crippen LogP contribution is -2.40.